The predicted molar refractivity (Wildman–Crippen MR) is 334 cm³/mol. The summed E-state index contributed by atoms with van der Waals surface area (Å²) in [7, 11) is 0. The number of hydrogen-bond acceptors (Lipinski definition) is 0. The number of fused-ring (bicyclic) bond motifs is 20. The molecule has 5 heteroatoms. The summed E-state index contributed by atoms with van der Waals surface area (Å²) < 4.78 is 10.1. The van der Waals surface area contributed by atoms with Gasteiger partial charge in [0.15, 0.2) is 0 Å². The topological polar surface area (TPSA) is 19.7 Å². The van der Waals surface area contributed by atoms with Gasteiger partial charge in [-0.15, -0.1) is 0 Å². The van der Waals surface area contributed by atoms with Gasteiger partial charge in [0.1, 0.15) is 0 Å². The highest BCUT2D eigenvalue weighted by atomic mass is 15.0. The van der Waals surface area contributed by atoms with Gasteiger partial charge in [-0.1, -0.05) is 192 Å². The molecule has 17 aromatic rings. The van der Waals surface area contributed by atoms with Crippen LogP contribution in [0.2, 0.25) is 0 Å². The van der Waals surface area contributed by atoms with Crippen LogP contribution >= 0.6 is 0 Å². The van der Waals surface area contributed by atoms with Crippen LogP contribution < -0.4 is 16.4 Å². The summed E-state index contributed by atoms with van der Waals surface area (Å²) in [5, 5.41) is 15.3. The van der Waals surface area contributed by atoms with Crippen LogP contribution in [0.3, 0.4) is 0 Å². The highest BCUT2D eigenvalue weighted by Gasteiger charge is 2.42. The van der Waals surface area contributed by atoms with Crippen molar-refractivity contribution in [2.45, 2.75) is 0 Å². The Labute approximate surface area is 453 Å². The molecule has 4 nitrogen and oxygen atoms in total. The van der Waals surface area contributed by atoms with Gasteiger partial charge < -0.3 is 18.3 Å². The summed E-state index contributed by atoms with van der Waals surface area (Å²) in [6.45, 7) is -0.0949. The van der Waals surface area contributed by atoms with Crippen molar-refractivity contribution < 1.29 is 0 Å². The molecule has 0 saturated carbocycles. The highest BCUT2D eigenvalue weighted by molar-refractivity contribution is 7.02. The van der Waals surface area contributed by atoms with Crippen LogP contribution in [0, 0.1) is 0 Å². The van der Waals surface area contributed by atoms with Crippen molar-refractivity contribution in [3.63, 3.8) is 0 Å². The molecule has 79 heavy (non-hydrogen) atoms. The van der Waals surface area contributed by atoms with Gasteiger partial charge in [-0.05, 0) is 118 Å². The maximum absolute atomic E-state index is 2.63. The van der Waals surface area contributed by atoms with Crippen molar-refractivity contribution in [3.8, 4) is 45.0 Å². The lowest BCUT2D eigenvalue weighted by Crippen LogP contribution is -2.57. The van der Waals surface area contributed by atoms with Crippen molar-refractivity contribution in [2.75, 3.05) is 0 Å². The van der Waals surface area contributed by atoms with Crippen LogP contribution in [0.5, 0.6) is 0 Å². The standard InChI is InChI=1S/C74H43BN4/c1-5-22-44(23-6-1)76-62-38-19-15-32-50(62)68-64(76)42-56-66-58(40-54-48-30-13-17-36-60(48)78(73(54)56)46-26-9-3-10-27-46)75-59-41-55-49-31-14-18-37-61(49)79(47-28-11-4-12-29-47)74(55)57-43-65-69(71(67(57)59)53-35-21-34-52(70(66)68)72(53)75)51-33-16-20-39-63(51)77(65)45-24-7-2-8-25-45/h1-43H. The lowest BCUT2D eigenvalue weighted by molar-refractivity contribution is 1.18. The zero-order valence-electron chi connectivity index (χ0n) is 42.7. The molecular formula is C74H43BN4. The first-order valence-electron chi connectivity index (χ1n) is 27.6. The van der Waals surface area contributed by atoms with E-state index in [4.69, 9.17) is 0 Å². The van der Waals surface area contributed by atoms with E-state index in [1.807, 2.05) is 0 Å². The van der Waals surface area contributed by atoms with E-state index < -0.39 is 0 Å². The fourth-order valence-electron chi connectivity index (χ4n) is 15.2. The highest BCUT2D eigenvalue weighted by Crippen LogP contribution is 2.52. The Morgan fingerprint density at radius 3 is 0.949 bits per heavy atom. The van der Waals surface area contributed by atoms with Gasteiger partial charge in [-0.3, -0.25) is 0 Å². The molecule has 0 aliphatic carbocycles. The Kier molecular flexibility index (Phi) is 8.04. The van der Waals surface area contributed by atoms with E-state index in [1.54, 1.807) is 0 Å². The summed E-state index contributed by atoms with van der Waals surface area (Å²) >= 11 is 0. The first-order chi connectivity index (χ1) is 39.3. The fraction of sp³-hybridized carbons (Fsp3) is 0. The number of nitrogens with zero attached hydrogens (tertiary/aromatic N) is 4. The minimum Gasteiger partial charge on any atom is -0.309 e. The van der Waals surface area contributed by atoms with E-state index in [0.29, 0.717) is 0 Å². The van der Waals surface area contributed by atoms with Gasteiger partial charge in [0.25, 0.3) is 0 Å². The fourth-order valence-corrected chi connectivity index (χ4v) is 15.2. The molecule has 0 saturated heterocycles. The third kappa shape index (κ3) is 5.25. The molecule has 13 aromatic carbocycles. The van der Waals surface area contributed by atoms with Crippen LogP contribution in [-0.4, -0.2) is 25.0 Å². The maximum Gasteiger partial charge on any atom is 0.244 e. The zero-order chi connectivity index (χ0) is 51.2. The number of benzene rings is 13. The first-order valence-corrected chi connectivity index (χ1v) is 27.6. The SMILES string of the molecule is c1ccc(-n2c3ccccc3c3c4c5c(cc6c7ccccc7n(-c7ccccc7)c6c5cc32)B2c3c-4cccc3-c3c4c2cc2c5ccccc5n(-c5ccccc5)c2c4cc2c3c3ccccc3n2-c2ccccc2)cc1. The van der Waals surface area contributed by atoms with Crippen molar-refractivity contribution in [2.24, 2.45) is 0 Å². The lowest BCUT2D eigenvalue weighted by Gasteiger charge is -2.35. The number of rotatable bonds is 4. The second kappa shape index (κ2) is 15.2. The van der Waals surface area contributed by atoms with Crippen LogP contribution in [0.25, 0.3) is 154 Å². The van der Waals surface area contributed by atoms with Gasteiger partial charge in [0, 0.05) is 76.6 Å². The molecule has 0 fully saturated rings. The summed E-state index contributed by atoms with van der Waals surface area (Å²) in [6, 6.07) is 98.0. The maximum atomic E-state index is 2.63. The molecule has 0 N–H and O–H groups in total. The molecule has 19 rings (SSSR count). The smallest absolute Gasteiger partial charge is 0.244 e. The second-order valence-corrected chi connectivity index (χ2v) is 21.8. The molecular weight excluding hydrogens is 956 g/mol. The molecule has 0 radical (unpaired) electrons. The van der Waals surface area contributed by atoms with Crippen LogP contribution in [-0.2, 0) is 0 Å². The van der Waals surface area contributed by atoms with Crippen molar-refractivity contribution in [1.82, 2.24) is 18.3 Å². The Hall–Kier alpha value is -10.4. The molecule has 0 unspecified atom stereocenters. The van der Waals surface area contributed by atoms with Crippen molar-refractivity contribution in [3.05, 3.63) is 261 Å². The van der Waals surface area contributed by atoms with Gasteiger partial charge in [0.05, 0.1) is 44.1 Å². The summed E-state index contributed by atoms with van der Waals surface area (Å²) in [4.78, 5) is 0. The minimum atomic E-state index is -0.0949. The molecule has 0 bridgehead atoms. The molecule has 0 amide bonds. The Morgan fingerprint density at radius 2 is 0.557 bits per heavy atom. The first kappa shape index (κ1) is 41.8. The van der Waals surface area contributed by atoms with E-state index in [0.717, 1.165) is 22.7 Å². The minimum absolute atomic E-state index is 0.0949. The predicted octanol–water partition coefficient (Wildman–Crippen LogP) is 16.9. The van der Waals surface area contributed by atoms with Crippen molar-refractivity contribution in [1.29, 1.82) is 0 Å². The van der Waals surface area contributed by atoms with Crippen molar-refractivity contribution >= 4 is 132 Å². The lowest BCUT2D eigenvalue weighted by atomic mass is 9.30. The average molecular weight is 999 g/mol. The Balaban J connectivity index is 1.08. The summed E-state index contributed by atoms with van der Waals surface area (Å²) in [5.74, 6) is 0. The van der Waals surface area contributed by atoms with Gasteiger partial charge in [0.2, 0.25) is 6.71 Å². The molecule has 6 heterocycles. The molecule has 362 valence electrons. The van der Waals surface area contributed by atoms with Gasteiger partial charge in [-0.25, -0.2) is 0 Å². The summed E-state index contributed by atoms with van der Waals surface area (Å²) in [6.07, 6.45) is 0. The van der Waals surface area contributed by atoms with E-state index in [-0.39, 0.29) is 6.71 Å². The molecule has 4 aromatic heterocycles. The number of aromatic nitrogens is 4. The van der Waals surface area contributed by atoms with E-state index in [2.05, 4.69) is 279 Å². The van der Waals surface area contributed by atoms with Crippen LogP contribution in [0.15, 0.2) is 261 Å². The molecule has 2 aliphatic heterocycles. The second-order valence-electron chi connectivity index (χ2n) is 21.8. The van der Waals surface area contributed by atoms with E-state index >= 15 is 0 Å². The van der Waals surface area contributed by atoms with E-state index in [1.165, 1.54) is 147 Å². The number of hydrogen-bond donors (Lipinski definition) is 0. The van der Waals surface area contributed by atoms with Crippen LogP contribution in [0.1, 0.15) is 0 Å². The Bertz CT molecular complexity index is 5190. The molecule has 0 spiro atoms. The third-order valence-electron chi connectivity index (χ3n) is 18.1. The quantitative estimate of drug-likeness (QED) is 0.157. The van der Waals surface area contributed by atoms with Gasteiger partial charge in [-0.2, -0.15) is 0 Å². The molecule has 2 aliphatic rings. The van der Waals surface area contributed by atoms with Crippen LogP contribution in [0.4, 0.5) is 0 Å². The number of para-hydroxylation sites is 8. The summed E-state index contributed by atoms with van der Waals surface area (Å²) in [5.41, 5.74) is 23.6. The average Bonchev–Trinajstić information content (AvgIpc) is 4.32. The zero-order valence-corrected chi connectivity index (χ0v) is 42.7. The Morgan fingerprint density at radius 1 is 0.228 bits per heavy atom. The molecule has 0 atom stereocenters. The van der Waals surface area contributed by atoms with E-state index in [9.17, 15) is 0 Å². The normalized spacial score (nSPS) is 12.8. The largest absolute Gasteiger partial charge is 0.309 e. The monoisotopic (exact) mass is 998 g/mol. The third-order valence-corrected chi connectivity index (χ3v) is 18.1. The van der Waals surface area contributed by atoms with Gasteiger partial charge >= 0.3 is 0 Å².